The van der Waals surface area contributed by atoms with E-state index in [0.29, 0.717) is 5.46 Å². The highest BCUT2D eigenvalue weighted by Gasteiger charge is 2.37. The van der Waals surface area contributed by atoms with Gasteiger partial charge in [0.1, 0.15) is 16.6 Å². The Morgan fingerprint density at radius 3 is 2.67 bits per heavy atom. The molecule has 4 N–H and O–H groups in total. The van der Waals surface area contributed by atoms with Crippen molar-refractivity contribution in [2.45, 2.75) is 6.92 Å². The van der Waals surface area contributed by atoms with E-state index in [1.165, 1.54) is 0 Å². The third-order valence-corrected chi connectivity index (χ3v) is 3.65. The van der Waals surface area contributed by atoms with Crippen LogP contribution in [0.4, 0.5) is 0 Å². The molecule has 0 atom stereocenters. The number of aryl methyl sites for hydroxylation is 1. The Kier molecular flexibility index (Phi) is 2.59. The molecule has 0 spiro atoms. The van der Waals surface area contributed by atoms with Crippen molar-refractivity contribution >= 4 is 34.5 Å². The molecular weight excluding hydrogens is 250 g/mol. The van der Waals surface area contributed by atoms with E-state index in [1.807, 2.05) is 31.2 Å². The maximum absolute atomic E-state index is 7.62. The second kappa shape index (κ2) is 4.02. The van der Waals surface area contributed by atoms with Gasteiger partial charge in [-0.1, -0.05) is 6.07 Å². The van der Waals surface area contributed by atoms with Crippen molar-refractivity contribution in [2.24, 2.45) is 0 Å². The summed E-state index contributed by atoms with van der Waals surface area (Å²) in [6.07, 6.45) is 0. The molecule has 0 bridgehead atoms. The average molecular weight is 264 g/mol. The number of halogens is 1. The molecule has 1 aromatic heterocycles. The lowest BCUT2D eigenvalue weighted by atomic mass is 9.77. The van der Waals surface area contributed by atoms with Gasteiger partial charge in [-0.05, 0) is 25.1 Å². The summed E-state index contributed by atoms with van der Waals surface area (Å²) in [6.45, 7) is 1.94. The van der Waals surface area contributed by atoms with E-state index in [-0.39, 0.29) is 0 Å². The third-order valence-electron chi connectivity index (χ3n) is 3.21. The standard InChI is InChI=1S/C13H11BClO3/c1-7-10(15)6-5-8-12-9(14(16)17)3-2-4-11(12)18-13(7)8/h2-6,15-17H,1H3/q+1/p+2. The minimum atomic E-state index is -1.02. The summed E-state index contributed by atoms with van der Waals surface area (Å²) in [5.41, 5.74) is 3.10. The normalized spacial score (nSPS) is 11.3. The molecule has 3 aromatic rings. The van der Waals surface area contributed by atoms with Crippen LogP contribution in [0.25, 0.3) is 21.9 Å². The van der Waals surface area contributed by atoms with Gasteiger partial charge in [0.15, 0.2) is 11.6 Å². The quantitative estimate of drug-likeness (QED) is 0.472. The topological polar surface area (TPSA) is 58.9 Å². The summed E-state index contributed by atoms with van der Waals surface area (Å²) in [7, 11) is -1.02. The molecule has 0 fully saturated rings. The Bertz CT molecular complexity index is 749. The molecule has 0 aliphatic carbocycles. The number of rotatable bonds is 1. The van der Waals surface area contributed by atoms with Crippen LogP contribution in [0.1, 0.15) is 5.56 Å². The monoisotopic (exact) mass is 263 g/mol. The molecule has 1 heterocycles. The molecule has 0 saturated carbocycles. The van der Waals surface area contributed by atoms with Crippen molar-refractivity contribution in [2.75, 3.05) is 0 Å². The minimum Gasteiger partial charge on any atom is -0.470 e. The molecule has 3 rings (SSSR count). The van der Waals surface area contributed by atoms with Gasteiger partial charge in [0.05, 0.1) is 5.56 Å². The summed E-state index contributed by atoms with van der Waals surface area (Å²) in [6, 6.07) is 9.28. The molecule has 90 valence electrons. The van der Waals surface area contributed by atoms with E-state index < -0.39 is 7.12 Å². The number of hydrogen-bond acceptors (Lipinski definition) is 1. The number of fused-ring (bicyclic) bond motifs is 3. The van der Waals surface area contributed by atoms with Gasteiger partial charge in [0.25, 0.3) is 0 Å². The zero-order chi connectivity index (χ0) is 12.9. The van der Waals surface area contributed by atoms with Crippen LogP contribution in [0.3, 0.4) is 0 Å². The molecule has 0 aliphatic rings. The van der Waals surface area contributed by atoms with Crippen molar-refractivity contribution in [1.29, 1.82) is 0 Å². The molecule has 0 unspecified atom stereocenters. The first-order chi connectivity index (χ1) is 8.59. The Labute approximate surface area is 109 Å². The largest absolute Gasteiger partial charge is 0.949 e. The van der Waals surface area contributed by atoms with Gasteiger partial charge >= 0.3 is 7.12 Å². The number of benzene rings is 2. The fourth-order valence-electron chi connectivity index (χ4n) is 2.27. The van der Waals surface area contributed by atoms with E-state index in [9.17, 15) is 0 Å². The molecule has 3 nitrogen and oxygen atoms in total. The van der Waals surface area contributed by atoms with Crippen molar-refractivity contribution in [3.63, 3.8) is 0 Å². The molecule has 0 radical (unpaired) electrons. The predicted octanol–water partition coefficient (Wildman–Crippen LogP) is 0.735. The highest BCUT2D eigenvalue weighted by atomic mass is 35.5. The molecule has 0 aliphatic heterocycles. The zero-order valence-corrected chi connectivity index (χ0v) is 10.6. The summed E-state index contributed by atoms with van der Waals surface area (Å²) in [5, 5.41) is 17.8. The second-order valence-corrected chi connectivity index (χ2v) is 4.76. The first-order valence-electron chi connectivity index (χ1n) is 5.63. The first kappa shape index (κ1) is 11.6. The van der Waals surface area contributed by atoms with Crippen LogP contribution in [-0.4, -0.2) is 17.2 Å². The van der Waals surface area contributed by atoms with Crippen LogP contribution < -0.4 is 5.46 Å². The lowest BCUT2D eigenvalue weighted by Gasteiger charge is -1.93. The Hall–Kier alpha value is -1.49. The summed E-state index contributed by atoms with van der Waals surface area (Å²) in [4.78, 5) is 0. The Balaban J connectivity index is 2.53. The van der Waals surface area contributed by atoms with Crippen LogP contribution in [0, 0.1) is 18.5 Å². The lowest BCUT2D eigenvalue weighted by Crippen LogP contribution is -2.30. The van der Waals surface area contributed by atoms with E-state index in [1.54, 1.807) is 6.07 Å². The van der Waals surface area contributed by atoms with Gasteiger partial charge in [0, 0.05) is 16.8 Å². The number of furan rings is 1. The Morgan fingerprint density at radius 2 is 1.94 bits per heavy atom. The molecule has 0 saturated heterocycles. The smallest absolute Gasteiger partial charge is 0.470 e. The zero-order valence-electron chi connectivity index (χ0n) is 9.78. The van der Waals surface area contributed by atoms with E-state index in [2.05, 4.69) is 0 Å². The van der Waals surface area contributed by atoms with Crippen LogP contribution in [0.2, 0.25) is 5.02 Å². The highest BCUT2D eigenvalue weighted by molar-refractivity contribution is 6.62. The second-order valence-electron chi connectivity index (χ2n) is 4.32. The van der Waals surface area contributed by atoms with Gasteiger partial charge in [-0.2, -0.15) is 0 Å². The SMILES string of the molecule is Cc1c([ClH+])ccc2c1oc1cccc(B([OH2+])[OH2+])c12. The van der Waals surface area contributed by atoms with Crippen molar-refractivity contribution in [1.82, 2.24) is 0 Å². The van der Waals surface area contributed by atoms with Gasteiger partial charge < -0.3 is 14.5 Å². The highest BCUT2D eigenvalue weighted by Crippen LogP contribution is 2.31. The third kappa shape index (κ3) is 1.54. The minimum absolute atomic E-state index is 0.669. The van der Waals surface area contributed by atoms with Crippen molar-refractivity contribution < 1.29 is 26.1 Å². The van der Waals surface area contributed by atoms with E-state index in [0.717, 1.165) is 32.5 Å². The fourth-order valence-corrected chi connectivity index (χ4v) is 2.43. The fraction of sp³-hybridized carbons (Fsp3) is 0.0769. The van der Waals surface area contributed by atoms with E-state index >= 15 is 0 Å². The maximum atomic E-state index is 7.62. The molecule has 2 aromatic carbocycles. The summed E-state index contributed by atoms with van der Waals surface area (Å²) in [5.74, 6) is 0. The van der Waals surface area contributed by atoms with Crippen LogP contribution in [-0.2, 0) is 0 Å². The van der Waals surface area contributed by atoms with Gasteiger partial charge in [-0.3, -0.25) is 0 Å². The lowest BCUT2D eigenvalue weighted by molar-refractivity contribution is -0.289. The molecule has 18 heavy (non-hydrogen) atoms. The average Bonchev–Trinajstić information content (AvgIpc) is 2.73. The molecule has 5 heteroatoms. The maximum Gasteiger partial charge on any atom is 0.949 e. The van der Waals surface area contributed by atoms with Crippen LogP contribution >= 0.6 is 0 Å². The Morgan fingerprint density at radius 1 is 1.17 bits per heavy atom. The summed E-state index contributed by atoms with van der Waals surface area (Å²) < 4.78 is 5.82. The van der Waals surface area contributed by atoms with Crippen LogP contribution in [0.15, 0.2) is 34.7 Å². The first-order valence-corrected chi connectivity index (χ1v) is 6.04. The van der Waals surface area contributed by atoms with Gasteiger partial charge in [-0.25, -0.2) is 0 Å². The molecule has 0 amide bonds. The van der Waals surface area contributed by atoms with Crippen molar-refractivity contribution in [3.05, 3.63) is 40.9 Å². The van der Waals surface area contributed by atoms with E-state index in [4.69, 9.17) is 26.1 Å². The van der Waals surface area contributed by atoms with Gasteiger partial charge in [-0.15, -0.1) is 0 Å². The van der Waals surface area contributed by atoms with Gasteiger partial charge in [0.2, 0.25) is 5.02 Å². The summed E-state index contributed by atoms with van der Waals surface area (Å²) >= 11 is 5.24. The predicted molar refractivity (Wildman–Crippen MR) is 71.6 cm³/mol. The number of hydrogen-bond donors (Lipinski definition) is 0. The van der Waals surface area contributed by atoms with Crippen LogP contribution in [0.5, 0.6) is 0 Å². The van der Waals surface area contributed by atoms with Crippen molar-refractivity contribution in [3.8, 4) is 0 Å². The molecular formula is C13H13BClO3+3.